The Labute approximate surface area is 101 Å². The SMILES string of the molecule is CCN(CC(C)C)CC(O)C1CCCCC1. The lowest BCUT2D eigenvalue weighted by atomic mass is 9.85. The molecule has 0 radical (unpaired) electrons. The highest BCUT2D eigenvalue weighted by molar-refractivity contribution is 4.76. The van der Waals surface area contributed by atoms with E-state index in [1.165, 1.54) is 32.1 Å². The van der Waals surface area contributed by atoms with Crippen molar-refractivity contribution >= 4 is 0 Å². The first-order chi connectivity index (χ1) is 7.63. The lowest BCUT2D eigenvalue weighted by Crippen LogP contribution is -2.39. The first-order valence-corrected chi connectivity index (χ1v) is 7.04. The number of hydrogen-bond donors (Lipinski definition) is 1. The first kappa shape index (κ1) is 14.0. The molecule has 0 aromatic heterocycles. The summed E-state index contributed by atoms with van der Waals surface area (Å²) in [5, 5.41) is 10.2. The molecule has 0 aliphatic heterocycles. The third-order valence-electron chi connectivity index (χ3n) is 3.71. The van der Waals surface area contributed by atoms with Gasteiger partial charge >= 0.3 is 0 Å². The summed E-state index contributed by atoms with van der Waals surface area (Å²) in [4.78, 5) is 2.39. The summed E-state index contributed by atoms with van der Waals surface area (Å²) in [6.07, 6.45) is 6.38. The lowest BCUT2D eigenvalue weighted by molar-refractivity contribution is 0.0459. The highest BCUT2D eigenvalue weighted by Crippen LogP contribution is 2.26. The van der Waals surface area contributed by atoms with Crippen LogP contribution >= 0.6 is 0 Å². The molecule has 1 N–H and O–H groups in total. The molecule has 2 nitrogen and oxygen atoms in total. The summed E-state index contributed by atoms with van der Waals surface area (Å²) in [6, 6.07) is 0. The second-order valence-corrected chi connectivity index (χ2v) is 5.71. The molecule has 16 heavy (non-hydrogen) atoms. The fourth-order valence-corrected chi connectivity index (χ4v) is 2.78. The number of aliphatic hydroxyl groups excluding tert-OH is 1. The Balaban J connectivity index is 2.31. The normalized spacial score (nSPS) is 20.6. The highest BCUT2D eigenvalue weighted by atomic mass is 16.3. The van der Waals surface area contributed by atoms with Gasteiger partial charge in [0.15, 0.2) is 0 Å². The van der Waals surface area contributed by atoms with Crippen LogP contribution in [-0.2, 0) is 0 Å². The van der Waals surface area contributed by atoms with Crippen LogP contribution in [0.1, 0.15) is 52.9 Å². The average Bonchev–Trinajstić information content (AvgIpc) is 2.28. The number of aliphatic hydroxyl groups is 1. The minimum atomic E-state index is -0.0981. The number of likely N-dealkylation sites (N-methyl/N-ethyl adjacent to an activating group) is 1. The van der Waals surface area contributed by atoms with Gasteiger partial charge in [-0.2, -0.15) is 0 Å². The smallest absolute Gasteiger partial charge is 0.0695 e. The zero-order chi connectivity index (χ0) is 12.0. The molecule has 0 spiro atoms. The van der Waals surface area contributed by atoms with Crippen LogP contribution < -0.4 is 0 Å². The van der Waals surface area contributed by atoms with E-state index in [4.69, 9.17) is 0 Å². The Hall–Kier alpha value is -0.0800. The van der Waals surface area contributed by atoms with Gasteiger partial charge in [-0.15, -0.1) is 0 Å². The molecule has 0 aromatic rings. The number of rotatable bonds is 6. The van der Waals surface area contributed by atoms with Gasteiger partial charge in [0.25, 0.3) is 0 Å². The van der Waals surface area contributed by atoms with E-state index >= 15 is 0 Å². The van der Waals surface area contributed by atoms with Gasteiger partial charge in [-0.25, -0.2) is 0 Å². The minimum Gasteiger partial charge on any atom is -0.392 e. The third-order valence-corrected chi connectivity index (χ3v) is 3.71. The zero-order valence-corrected chi connectivity index (χ0v) is 11.3. The molecule has 1 unspecified atom stereocenters. The summed E-state index contributed by atoms with van der Waals surface area (Å²) in [7, 11) is 0. The molecule has 1 fully saturated rings. The monoisotopic (exact) mass is 227 g/mol. The van der Waals surface area contributed by atoms with E-state index in [2.05, 4.69) is 25.7 Å². The van der Waals surface area contributed by atoms with Gasteiger partial charge in [-0.05, 0) is 31.2 Å². The van der Waals surface area contributed by atoms with E-state index in [1.54, 1.807) is 0 Å². The predicted octanol–water partition coefficient (Wildman–Crippen LogP) is 2.91. The Morgan fingerprint density at radius 2 is 1.75 bits per heavy atom. The molecule has 96 valence electrons. The van der Waals surface area contributed by atoms with Gasteiger partial charge in [-0.1, -0.05) is 40.0 Å². The van der Waals surface area contributed by atoms with Gasteiger partial charge in [0.2, 0.25) is 0 Å². The minimum absolute atomic E-state index is 0.0981. The maximum absolute atomic E-state index is 10.2. The van der Waals surface area contributed by atoms with Crippen LogP contribution in [0.25, 0.3) is 0 Å². The fraction of sp³-hybridized carbons (Fsp3) is 1.00. The van der Waals surface area contributed by atoms with E-state index in [9.17, 15) is 5.11 Å². The Morgan fingerprint density at radius 1 is 1.12 bits per heavy atom. The zero-order valence-electron chi connectivity index (χ0n) is 11.3. The standard InChI is InChI=1S/C14H29NO/c1-4-15(10-12(2)3)11-14(16)13-8-6-5-7-9-13/h12-14,16H,4-11H2,1-3H3. The maximum atomic E-state index is 10.2. The van der Waals surface area contributed by atoms with E-state index in [-0.39, 0.29) is 6.10 Å². The van der Waals surface area contributed by atoms with Crippen molar-refractivity contribution in [3.05, 3.63) is 0 Å². The molecule has 1 rings (SSSR count). The second kappa shape index (κ2) is 7.29. The van der Waals surface area contributed by atoms with Gasteiger partial charge in [-0.3, -0.25) is 0 Å². The highest BCUT2D eigenvalue weighted by Gasteiger charge is 2.23. The van der Waals surface area contributed by atoms with Gasteiger partial charge in [0, 0.05) is 13.1 Å². The van der Waals surface area contributed by atoms with E-state index in [1.807, 2.05) is 0 Å². The summed E-state index contributed by atoms with van der Waals surface area (Å²) in [5.74, 6) is 1.26. The predicted molar refractivity (Wildman–Crippen MR) is 69.5 cm³/mol. The van der Waals surface area contributed by atoms with E-state index in [0.717, 1.165) is 19.6 Å². The quantitative estimate of drug-likeness (QED) is 0.754. The molecule has 0 bridgehead atoms. The van der Waals surface area contributed by atoms with Crippen molar-refractivity contribution in [3.8, 4) is 0 Å². The Kier molecular flexibility index (Phi) is 6.37. The van der Waals surface area contributed by atoms with Crippen molar-refractivity contribution in [2.24, 2.45) is 11.8 Å². The first-order valence-electron chi connectivity index (χ1n) is 7.04. The van der Waals surface area contributed by atoms with Gasteiger partial charge in [0.1, 0.15) is 0 Å². The summed E-state index contributed by atoms with van der Waals surface area (Å²) >= 11 is 0. The van der Waals surface area contributed by atoms with Crippen molar-refractivity contribution in [2.75, 3.05) is 19.6 Å². The molecule has 1 aliphatic rings. The Bertz CT molecular complexity index is 176. The van der Waals surface area contributed by atoms with Gasteiger partial charge < -0.3 is 10.0 Å². The molecular weight excluding hydrogens is 198 g/mol. The van der Waals surface area contributed by atoms with Crippen molar-refractivity contribution in [2.45, 2.75) is 59.0 Å². The van der Waals surface area contributed by atoms with Crippen LogP contribution in [0.2, 0.25) is 0 Å². The lowest BCUT2D eigenvalue weighted by Gasteiger charge is -2.31. The van der Waals surface area contributed by atoms with Crippen molar-refractivity contribution < 1.29 is 5.11 Å². The molecule has 0 saturated heterocycles. The molecule has 0 heterocycles. The fourth-order valence-electron chi connectivity index (χ4n) is 2.78. The van der Waals surface area contributed by atoms with Crippen LogP contribution in [0.3, 0.4) is 0 Å². The molecule has 1 atom stereocenters. The topological polar surface area (TPSA) is 23.5 Å². The molecule has 0 amide bonds. The van der Waals surface area contributed by atoms with E-state index in [0.29, 0.717) is 11.8 Å². The molecule has 1 aliphatic carbocycles. The van der Waals surface area contributed by atoms with Crippen LogP contribution in [0, 0.1) is 11.8 Å². The maximum Gasteiger partial charge on any atom is 0.0695 e. The van der Waals surface area contributed by atoms with Crippen molar-refractivity contribution in [3.63, 3.8) is 0 Å². The summed E-state index contributed by atoms with van der Waals surface area (Å²) < 4.78 is 0. The average molecular weight is 227 g/mol. The third kappa shape index (κ3) is 4.84. The second-order valence-electron chi connectivity index (χ2n) is 5.71. The molecule has 0 aromatic carbocycles. The number of nitrogens with zero attached hydrogens (tertiary/aromatic N) is 1. The molecular formula is C14H29NO. The molecule has 2 heteroatoms. The van der Waals surface area contributed by atoms with Crippen LogP contribution in [0.5, 0.6) is 0 Å². The largest absolute Gasteiger partial charge is 0.392 e. The summed E-state index contributed by atoms with van der Waals surface area (Å²) in [5.41, 5.74) is 0. The van der Waals surface area contributed by atoms with Crippen LogP contribution in [0.15, 0.2) is 0 Å². The van der Waals surface area contributed by atoms with Crippen molar-refractivity contribution in [1.29, 1.82) is 0 Å². The van der Waals surface area contributed by atoms with Crippen LogP contribution in [-0.4, -0.2) is 35.7 Å². The van der Waals surface area contributed by atoms with Gasteiger partial charge in [0.05, 0.1) is 6.10 Å². The Morgan fingerprint density at radius 3 is 2.25 bits per heavy atom. The van der Waals surface area contributed by atoms with Crippen LogP contribution in [0.4, 0.5) is 0 Å². The van der Waals surface area contributed by atoms with E-state index < -0.39 is 0 Å². The van der Waals surface area contributed by atoms with Crippen molar-refractivity contribution in [1.82, 2.24) is 4.90 Å². The molecule has 1 saturated carbocycles. The summed E-state index contributed by atoms with van der Waals surface area (Å²) in [6.45, 7) is 9.73. The number of hydrogen-bond acceptors (Lipinski definition) is 2.